The fourth-order valence-corrected chi connectivity index (χ4v) is 2.47. The molecule has 1 N–H and O–H groups in total. The quantitative estimate of drug-likeness (QED) is 0.585. The molecule has 122 valence electrons. The summed E-state index contributed by atoms with van der Waals surface area (Å²) in [5.41, 5.74) is 7.59. The standard InChI is InChI=1S/C23H25N/c1-6-10-17(2)18(3)22-13-15-23(16-14-22)24-20(5)19(4)21-11-8-7-9-12-21/h6-16,24H,4-5H2,1-3H3/b10-6-,18-17-. The second-order valence-electron chi connectivity index (χ2n) is 5.83. The van der Waals surface area contributed by atoms with Crippen molar-refractivity contribution in [1.29, 1.82) is 0 Å². The van der Waals surface area contributed by atoms with Crippen molar-refractivity contribution in [3.05, 3.63) is 102 Å². The molecule has 0 spiro atoms. The minimum atomic E-state index is 0.811. The smallest absolute Gasteiger partial charge is 0.0384 e. The van der Waals surface area contributed by atoms with Crippen LogP contribution in [0.1, 0.15) is 31.9 Å². The van der Waals surface area contributed by atoms with E-state index in [0.717, 1.165) is 22.5 Å². The van der Waals surface area contributed by atoms with Gasteiger partial charge in [-0.05, 0) is 60.8 Å². The maximum atomic E-state index is 4.13. The Morgan fingerprint density at radius 3 is 2.08 bits per heavy atom. The van der Waals surface area contributed by atoms with Gasteiger partial charge in [-0.3, -0.25) is 0 Å². The first-order valence-electron chi connectivity index (χ1n) is 8.14. The zero-order valence-corrected chi connectivity index (χ0v) is 14.8. The van der Waals surface area contributed by atoms with Crippen LogP contribution < -0.4 is 5.32 Å². The SMILES string of the molecule is C=C(Nc1ccc(/C(C)=C(C)\C=C/C)cc1)C(=C)c1ccccc1. The Bertz CT molecular complexity index is 775. The first kappa shape index (κ1) is 17.6. The van der Waals surface area contributed by atoms with Crippen molar-refractivity contribution < 1.29 is 0 Å². The lowest BCUT2D eigenvalue weighted by Gasteiger charge is -2.13. The summed E-state index contributed by atoms with van der Waals surface area (Å²) in [7, 11) is 0. The van der Waals surface area contributed by atoms with E-state index in [4.69, 9.17) is 0 Å². The highest BCUT2D eigenvalue weighted by Crippen LogP contribution is 2.24. The third kappa shape index (κ3) is 4.36. The fourth-order valence-electron chi connectivity index (χ4n) is 2.47. The van der Waals surface area contributed by atoms with Gasteiger partial charge in [0.1, 0.15) is 0 Å². The summed E-state index contributed by atoms with van der Waals surface area (Å²) in [6.45, 7) is 14.6. The van der Waals surface area contributed by atoms with Gasteiger partial charge >= 0.3 is 0 Å². The van der Waals surface area contributed by atoms with Crippen LogP contribution in [0.4, 0.5) is 5.69 Å². The van der Waals surface area contributed by atoms with Gasteiger partial charge in [0.15, 0.2) is 0 Å². The molecule has 1 heteroatoms. The van der Waals surface area contributed by atoms with Crippen LogP contribution >= 0.6 is 0 Å². The first-order chi connectivity index (χ1) is 11.5. The molecule has 0 aliphatic carbocycles. The highest BCUT2D eigenvalue weighted by molar-refractivity contribution is 5.80. The van der Waals surface area contributed by atoms with E-state index >= 15 is 0 Å². The number of anilines is 1. The Hall–Kier alpha value is -2.80. The van der Waals surface area contributed by atoms with E-state index in [9.17, 15) is 0 Å². The summed E-state index contributed by atoms with van der Waals surface area (Å²) in [5.74, 6) is 0. The van der Waals surface area contributed by atoms with Crippen LogP contribution in [-0.4, -0.2) is 0 Å². The molecule has 0 atom stereocenters. The molecule has 0 fully saturated rings. The van der Waals surface area contributed by atoms with Crippen LogP contribution in [0.25, 0.3) is 11.1 Å². The largest absolute Gasteiger partial charge is 0.356 e. The average molecular weight is 315 g/mol. The van der Waals surface area contributed by atoms with Crippen LogP contribution in [-0.2, 0) is 0 Å². The monoisotopic (exact) mass is 315 g/mol. The van der Waals surface area contributed by atoms with Crippen LogP contribution in [0.2, 0.25) is 0 Å². The molecule has 0 aromatic heterocycles. The molecule has 0 aliphatic rings. The summed E-state index contributed by atoms with van der Waals surface area (Å²) < 4.78 is 0. The van der Waals surface area contributed by atoms with Crippen molar-refractivity contribution in [1.82, 2.24) is 0 Å². The Balaban J connectivity index is 2.11. The van der Waals surface area contributed by atoms with E-state index in [-0.39, 0.29) is 0 Å². The Labute approximate surface area is 145 Å². The second-order valence-corrected chi connectivity index (χ2v) is 5.83. The van der Waals surface area contributed by atoms with Gasteiger partial charge < -0.3 is 5.32 Å². The molecule has 2 aromatic rings. The van der Waals surface area contributed by atoms with Crippen molar-refractivity contribution in [2.75, 3.05) is 5.32 Å². The zero-order chi connectivity index (χ0) is 17.5. The van der Waals surface area contributed by atoms with Gasteiger partial charge in [0.2, 0.25) is 0 Å². The lowest BCUT2D eigenvalue weighted by molar-refractivity contribution is 1.43. The van der Waals surface area contributed by atoms with E-state index < -0.39 is 0 Å². The molecule has 2 aromatic carbocycles. The zero-order valence-electron chi connectivity index (χ0n) is 14.8. The number of rotatable bonds is 6. The third-order valence-corrected chi connectivity index (χ3v) is 4.11. The summed E-state index contributed by atoms with van der Waals surface area (Å²) in [6, 6.07) is 18.5. The molecular formula is C23H25N. The molecule has 0 bridgehead atoms. The number of hydrogen-bond acceptors (Lipinski definition) is 1. The molecule has 0 radical (unpaired) electrons. The predicted octanol–water partition coefficient (Wildman–Crippen LogP) is 6.70. The minimum absolute atomic E-state index is 0.811. The van der Waals surface area contributed by atoms with Crippen molar-refractivity contribution >= 4 is 16.8 Å². The second kappa shape index (κ2) is 8.16. The minimum Gasteiger partial charge on any atom is -0.356 e. The molecule has 0 aliphatic heterocycles. The number of benzene rings is 2. The average Bonchev–Trinajstić information content (AvgIpc) is 2.62. The molecule has 0 amide bonds. The molecule has 0 unspecified atom stereocenters. The maximum absolute atomic E-state index is 4.13. The van der Waals surface area contributed by atoms with Crippen molar-refractivity contribution in [3.8, 4) is 0 Å². The molecule has 24 heavy (non-hydrogen) atoms. The molecule has 0 heterocycles. The van der Waals surface area contributed by atoms with Crippen LogP contribution in [0.3, 0.4) is 0 Å². The van der Waals surface area contributed by atoms with E-state index in [1.54, 1.807) is 0 Å². The fraction of sp³-hybridized carbons (Fsp3) is 0.130. The Morgan fingerprint density at radius 1 is 0.875 bits per heavy atom. The molecule has 2 rings (SSSR count). The summed E-state index contributed by atoms with van der Waals surface area (Å²) >= 11 is 0. The lowest BCUT2D eigenvalue weighted by Crippen LogP contribution is -2.00. The third-order valence-electron chi connectivity index (χ3n) is 4.11. The van der Waals surface area contributed by atoms with Gasteiger partial charge in [-0.25, -0.2) is 0 Å². The molecule has 0 saturated carbocycles. The van der Waals surface area contributed by atoms with E-state index in [2.05, 4.69) is 68.7 Å². The maximum Gasteiger partial charge on any atom is 0.0384 e. The molecule has 1 nitrogen and oxygen atoms in total. The van der Waals surface area contributed by atoms with E-state index in [1.165, 1.54) is 16.7 Å². The highest BCUT2D eigenvalue weighted by Gasteiger charge is 2.04. The van der Waals surface area contributed by atoms with Crippen molar-refractivity contribution in [2.45, 2.75) is 20.8 Å². The van der Waals surface area contributed by atoms with E-state index in [0.29, 0.717) is 0 Å². The van der Waals surface area contributed by atoms with Crippen molar-refractivity contribution in [3.63, 3.8) is 0 Å². The van der Waals surface area contributed by atoms with Gasteiger partial charge in [0.25, 0.3) is 0 Å². The predicted molar refractivity (Wildman–Crippen MR) is 108 cm³/mol. The van der Waals surface area contributed by atoms with Crippen molar-refractivity contribution in [2.24, 2.45) is 0 Å². The number of hydrogen-bond donors (Lipinski definition) is 1. The Kier molecular flexibility index (Phi) is 5.97. The van der Waals surface area contributed by atoms with Crippen LogP contribution in [0.15, 0.2) is 91.2 Å². The topological polar surface area (TPSA) is 12.0 Å². The van der Waals surface area contributed by atoms with Gasteiger partial charge in [-0.15, -0.1) is 0 Å². The van der Waals surface area contributed by atoms with Crippen LogP contribution in [0.5, 0.6) is 0 Å². The van der Waals surface area contributed by atoms with Crippen LogP contribution in [0, 0.1) is 0 Å². The van der Waals surface area contributed by atoms with Gasteiger partial charge in [0.05, 0.1) is 0 Å². The normalized spacial score (nSPS) is 12.0. The molecule has 0 saturated heterocycles. The highest BCUT2D eigenvalue weighted by atomic mass is 14.9. The molecular weight excluding hydrogens is 290 g/mol. The Morgan fingerprint density at radius 2 is 1.50 bits per heavy atom. The summed E-state index contributed by atoms with van der Waals surface area (Å²) in [5, 5.41) is 3.34. The van der Waals surface area contributed by atoms with E-state index in [1.807, 2.05) is 37.3 Å². The number of allylic oxidation sites excluding steroid dienone is 5. The van der Waals surface area contributed by atoms with Gasteiger partial charge in [0, 0.05) is 11.4 Å². The number of nitrogens with one attached hydrogen (secondary N) is 1. The lowest BCUT2D eigenvalue weighted by atomic mass is 10.0. The first-order valence-corrected chi connectivity index (χ1v) is 8.14. The van der Waals surface area contributed by atoms with Gasteiger partial charge in [-0.1, -0.05) is 67.8 Å². The van der Waals surface area contributed by atoms with Gasteiger partial charge in [-0.2, -0.15) is 0 Å². The summed E-state index contributed by atoms with van der Waals surface area (Å²) in [6.07, 6.45) is 4.20. The summed E-state index contributed by atoms with van der Waals surface area (Å²) in [4.78, 5) is 0.